The fourth-order valence-electron chi connectivity index (χ4n) is 6.49. The minimum atomic E-state index is 0.806. The number of aromatic nitrogens is 1. The predicted octanol–water partition coefficient (Wildman–Crippen LogP) is 11.2. The van der Waals surface area contributed by atoms with E-state index in [1.165, 1.54) is 73.5 Å². The van der Waals surface area contributed by atoms with Gasteiger partial charge in [-0.2, -0.15) is 0 Å². The van der Waals surface area contributed by atoms with Crippen molar-refractivity contribution < 1.29 is 0 Å². The second-order valence-electron chi connectivity index (χ2n) is 10.8. The predicted molar refractivity (Wildman–Crippen MR) is 191 cm³/mol. The fraction of sp³-hybridized carbons (Fsp3) is 0.0526. The number of para-hydroxylation sites is 2. The van der Waals surface area contributed by atoms with Gasteiger partial charge in [-0.25, -0.2) is 0 Å². The molecule has 0 spiro atoms. The molecule has 0 saturated heterocycles. The van der Waals surface area contributed by atoms with Crippen LogP contribution in [0.2, 0.25) is 0 Å². The zero-order valence-corrected chi connectivity index (χ0v) is 26.0. The van der Waals surface area contributed by atoms with E-state index in [1.807, 2.05) is 23.5 Å². The molecular formula is C38H27IN2S. The van der Waals surface area contributed by atoms with Crippen LogP contribution in [-0.2, 0) is 6.42 Å². The topological polar surface area (TPSA) is 30.9 Å². The van der Waals surface area contributed by atoms with Crippen molar-refractivity contribution >= 4 is 81.6 Å². The monoisotopic (exact) mass is 670 g/mol. The molecule has 2 heterocycles. The van der Waals surface area contributed by atoms with Gasteiger partial charge in [0.05, 0.1) is 11.0 Å². The smallest absolute Gasteiger partial charge is 0.0547 e. The largest absolute Gasteiger partial charge is 0.398 e. The van der Waals surface area contributed by atoms with E-state index in [9.17, 15) is 0 Å². The molecule has 0 aliphatic heterocycles. The molecule has 2 aromatic heterocycles. The summed E-state index contributed by atoms with van der Waals surface area (Å²) in [7, 11) is 0. The molecule has 0 unspecified atom stereocenters. The molecule has 4 heteroatoms. The molecule has 42 heavy (non-hydrogen) atoms. The number of nitrogen functional groups attached to an aromatic ring is 1. The standard InChI is InChI=1S/C38H27IN2S/c1-2-23-10-9-14-26(37(23)30-13-3-6-15-33(30)40)24-18-19-28-27-11-4-7-16-34(27)41(35(28)20-24)25-21-31-29-12-5-8-17-36(29)42-38(31)32(39)22-25/h3-22H,2,40H2,1H3. The number of benzene rings is 6. The Hall–Kier alpha value is -4.13. The highest BCUT2D eigenvalue weighted by molar-refractivity contribution is 14.1. The van der Waals surface area contributed by atoms with Crippen molar-refractivity contribution in [1.82, 2.24) is 4.57 Å². The van der Waals surface area contributed by atoms with Crippen molar-refractivity contribution in [1.29, 1.82) is 0 Å². The first-order valence-electron chi connectivity index (χ1n) is 14.2. The second kappa shape index (κ2) is 10.0. The summed E-state index contributed by atoms with van der Waals surface area (Å²) in [5, 5.41) is 5.16. The minimum Gasteiger partial charge on any atom is -0.398 e. The maximum atomic E-state index is 6.55. The molecular weight excluding hydrogens is 643 g/mol. The normalized spacial score (nSPS) is 11.8. The van der Waals surface area contributed by atoms with E-state index < -0.39 is 0 Å². The molecule has 0 amide bonds. The van der Waals surface area contributed by atoms with Crippen molar-refractivity contribution in [2.75, 3.05) is 5.73 Å². The highest BCUT2D eigenvalue weighted by Gasteiger charge is 2.18. The average molecular weight is 671 g/mol. The third-order valence-electron chi connectivity index (χ3n) is 8.42. The van der Waals surface area contributed by atoms with Crippen LogP contribution in [0.4, 0.5) is 5.69 Å². The first-order valence-corrected chi connectivity index (χ1v) is 16.1. The first kappa shape index (κ1) is 25.6. The summed E-state index contributed by atoms with van der Waals surface area (Å²) >= 11 is 4.39. The zero-order valence-electron chi connectivity index (χ0n) is 23.1. The third-order valence-corrected chi connectivity index (χ3v) is 10.9. The lowest BCUT2D eigenvalue weighted by Crippen LogP contribution is -1.97. The molecule has 2 N–H and O–H groups in total. The molecule has 0 saturated carbocycles. The van der Waals surface area contributed by atoms with Crippen LogP contribution >= 0.6 is 33.9 Å². The second-order valence-corrected chi connectivity index (χ2v) is 13.0. The quantitative estimate of drug-likeness (QED) is 0.147. The molecule has 0 radical (unpaired) electrons. The molecule has 0 aliphatic rings. The van der Waals surface area contributed by atoms with E-state index >= 15 is 0 Å². The van der Waals surface area contributed by atoms with Gasteiger partial charge in [0, 0.05) is 51.5 Å². The minimum absolute atomic E-state index is 0.806. The van der Waals surface area contributed by atoms with Gasteiger partial charge in [-0.05, 0) is 87.7 Å². The van der Waals surface area contributed by atoms with Gasteiger partial charge >= 0.3 is 0 Å². The summed E-state index contributed by atoms with van der Waals surface area (Å²) in [6.45, 7) is 2.22. The molecule has 0 fully saturated rings. The Morgan fingerprint density at radius 3 is 2.26 bits per heavy atom. The van der Waals surface area contributed by atoms with Gasteiger partial charge in [-0.15, -0.1) is 11.3 Å². The number of hydrogen-bond donors (Lipinski definition) is 1. The van der Waals surface area contributed by atoms with E-state index in [0.29, 0.717) is 0 Å². The number of halogens is 1. The van der Waals surface area contributed by atoms with Crippen LogP contribution in [0.1, 0.15) is 12.5 Å². The highest BCUT2D eigenvalue weighted by Crippen LogP contribution is 2.43. The van der Waals surface area contributed by atoms with Crippen molar-refractivity contribution in [2.45, 2.75) is 13.3 Å². The summed E-state index contributed by atoms with van der Waals surface area (Å²) in [6, 6.07) is 44.0. The zero-order chi connectivity index (χ0) is 28.4. The summed E-state index contributed by atoms with van der Waals surface area (Å²) in [4.78, 5) is 0. The summed E-state index contributed by atoms with van der Waals surface area (Å²) in [5.41, 5.74) is 17.0. The van der Waals surface area contributed by atoms with Crippen LogP contribution in [0.3, 0.4) is 0 Å². The lowest BCUT2D eigenvalue weighted by Gasteiger charge is -2.17. The van der Waals surface area contributed by atoms with E-state index in [0.717, 1.165) is 17.7 Å². The van der Waals surface area contributed by atoms with Crippen molar-refractivity contribution in [3.8, 4) is 27.9 Å². The fourth-order valence-corrected chi connectivity index (χ4v) is 8.52. The Morgan fingerprint density at radius 2 is 1.40 bits per heavy atom. The van der Waals surface area contributed by atoms with Gasteiger partial charge < -0.3 is 10.3 Å². The Morgan fingerprint density at radius 1 is 0.667 bits per heavy atom. The lowest BCUT2D eigenvalue weighted by molar-refractivity contribution is 1.14. The van der Waals surface area contributed by atoms with Gasteiger partial charge in [0.15, 0.2) is 0 Å². The number of fused-ring (bicyclic) bond motifs is 6. The van der Waals surface area contributed by atoms with E-state index in [4.69, 9.17) is 5.73 Å². The third kappa shape index (κ3) is 3.89. The van der Waals surface area contributed by atoms with Crippen molar-refractivity contribution in [2.24, 2.45) is 0 Å². The van der Waals surface area contributed by atoms with Gasteiger partial charge in [-0.3, -0.25) is 0 Å². The maximum Gasteiger partial charge on any atom is 0.0547 e. The van der Waals surface area contributed by atoms with Gasteiger partial charge in [0.1, 0.15) is 0 Å². The Labute approximate surface area is 262 Å². The van der Waals surface area contributed by atoms with E-state index in [2.05, 4.69) is 143 Å². The average Bonchev–Trinajstić information content (AvgIpc) is 3.57. The molecule has 8 rings (SSSR count). The number of thiophene rings is 1. The Bertz CT molecular complexity index is 2320. The number of hydrogen-bond acceptors (Lipinski definition) is 2. The SMILES string of the molecule is CCc1cccc(-c2ccc3c4ccccc4n(-c4cc(I)c5sc6ccccc6c5c4)c3c2)c1-c1ccccc1N. The van der Waals surface area contributed by atoms with Crippen molar-refractivity contribution in [3.63, 3.8) is 0 Å². The number of anilines is 1. The van der Waals surface area contributed by atoms with Crippen LogP contribution < -0.4 is 5.73 Å². The Balaban J connectivity index is 1.43. The van der Waals surface area contributed by atoms with Gasteiger partial charge in [0.25, 0.3) is 0 Å². The molecule has 2 nitrogen and oxygen atoms in total. The summed E-state index contributed by atoms with van der Waals surface area (Å²) < 4.78 is 6.41. The maximum absolute atomic E-state index is 6.55. The highest BCUT2D eigenvalue weighted by atomic mass is 127. The van der Waals surface area contributed by atoms with Crippen LogP contribution in [-0.4, -0.2) is 4.57 Å². The van der Waals surface area contributed by atoms with Crippen LogP contribution in [0.15, 0.2) is 121 Å². The first-order chi connectivity index (χ1) is 20.6. The summed E-state index contributed by atoms with van der Waals surface area (Å²) in [5.74, 6) is 0. The van der Waals surface area contributed by atoms with Crippen LogP contribution in [0.25, 0.3) is 69.9 Å². The van der Waals surface area contributed by atoms with Crippen LogP contribution in [0, 0.1) is 3.57 Å². The molecule has 0 aliphatic carbocycles. The van der Waals surface area contributed by atoms with Crippen molar-refractivity contribution in [3.05, 3.63) is 130 Å². The molecule has 6 aromatic carbocycles. The van der Waals surface area contributed by atoms with Gasteiger partial charge in [0.2, 0.25) is 0 Å². The number of aryl methyl sites for hydroxylation is 1. The lowest BCUT2D eigenvalue weighted by atomic mass is 9.88. The number of nitrogens with zero attached hydrogens (tertiary/aromatic N) is 1. The van der Waals surface area contributed by atoms with Crippen LogP contribution in [0.5, 0.6) is 0 Å². The summed E-state index contributed by atoms with van der Waals surface area (Å²) in [6.07, 6.45) is 0.938. The molecule has 8 aromatic rings. The molecule has 202 valence electrons. The number of rotatable bonds is 4. The number of nitrogens with two attached hydrogens (primary N) is 1. The molecule has 0 bridgehead atoms. The Kier molecular flexibility index (Phi) is 6.09. The van der Waals surface area contributed by atoms with E-state index in [-0.39, 0.29) is 0 Å². The van der Waals surface area contributed by atoms with E-state index in [1.54, 1.807) is 0 Å². The van der Waals surface area contributed by atoms with Gasteiger partial charge in [-0.1, -0.05) is 91.9 Å². The molecule has 0 atom stereocenters.